The zero-order chi connectivity index (χ0) is 13.8. The lowest BCUT2D eigenvalue weighted by molar-refractivity contribution is -0.136. The Morgan fingerprint density at radius 2 is 2.05 bits per heavy atom. The molecule has 2 saturated heterocycles. The topological polar surface area (TPSA) is 55.9 Å². The van der Waals surface area contributed by atoms with Gasteiger partial charge in [0.2, 0.25) is 11.8 Å². The molecule has 0 aromatic heterocycles. The van der Waals surface area contributed by atoms with Crippen molar-refractivity contribution in [1.29, 1.82) is 0 Å². The van der Waals surface area contributed by atoms with Crippen molar-refractivity contribution in [2.75, 3.05) is 59.9 Å². The fourth-order valence-corrected chi connectivity index (χ4v) is 2.62. The van der Waals surface area contributed by atoms with Crippen molar-refractivity contribution < 1.29 is 9.59 Å². The third-order valence-electron chi connectivity index (χ3n) is 3.81. The fourth-order valence-electron chi connectivity index (χ4n) is 2.62. The van der Waals surface area contributed by atoms with Crippen LogP contribution in [0.15, 0.2) is 0 Å². The summed E-state index contributed by atoms with van der Waals surface area (Å²) in [5.41, 5.74) is 0. The zero-order valence-electron chi connectivity index (χ0n) is 11.9. The van der Waals surface area contributed by atoms with Crippen molar-refractivity contribution >= 4 is 11.8 Å². The Balaban J connectivity index is 1.85. The van der Waals surface area contributed by atoms with E-state index < -0.39 is 0 Å². The standard InChI is InChI=1S/C13H24N4O2/c1-15(2)7-8-17-10-11(9-12(17)18)13(19)16-5-3-14-4-6-16/h11,14H,3-10H2,1-2H3. The van der Waals surface area contributed by atoms with Gasteiger partial charge in [-0.2, -0.15) is 0 Å². The highest BCUT2D eigenvalue weighted by molar-refractivity contribution is 5.89. The lowest BCUT2D eigenvalue weighted by atomic mass is 10.1. The molecule has 2 heterocycles. The van der Waals surface area contributed by atoms with Gasteiger partial charge in [0.05, 0.1) is 5.92 Å². The predicted molar refractivity (Wildman–Crippen MR) is 72.7 cm³/mol. The fraction of sp³-hybridized carbons (Fsp3) is 0.846. The van der Waals surface area contributed by atoms with Crippen LogP contribution in [0, 0.1) is 5.92 Å². The van der Waals surface area contributed by atoms with Gasteiger partial charge in [0.15, 0.2) is 0 Å². The van der Waals surface area contributed by atoms with Gasteiger partial charge in [-0.15, -0.1) is 0 Å². The van der Waals surface area contributed by atoms with E-state index in [9.17, 15) is 9.59 Å². The molecular formula is C13H24N4O2. The van der Waals surface area contributed by atoms with E-state index in [1.165, 1.54) is 0 Å². The molecule has 1 atom stereocenters. The molecular weight excluding hydrogens is 244 g/mol. The van der Waals surface area contributed by atoms with E-state index in [1.54, 1.807) is 0 Å². The first-order chi connectivity index (χ1) is 9.08. The van der Waals surface area contributed by atoms with Gasteiger partial charge in [0.1, 0.15) is 0 Å². The number of carbonyl (C=O) groups excluding carboxylic acids is 2. The molecule has 1 unspecified atom stereocenters. The van der Waals surface area contributed by atoms with Gasteiger partial charge in [-0.3, -0.25) is 9.59 Å². The number of hydrogen-bond donors (Lipinski definition) is 1. The molecule has 2 rings (SSSR count). The van der Waals surface area contributed by atoms with E-state index in [2.05, 4.69) is 10.2 Å². The summed E-state index contributed by atoms with van der Waals surface area (Å²) in [7, 11) is 3.98. The number of likely N-dealkylation sites (tertiary alicyclic amines) is 1. The van der Waals surface area contributed by atoms with Crippen LogP contribution >= 0.6 is 0 Å². The van der Waals surface area contributed by atoms with E-state index in [-0.39, 0.29) is 17.7 Å². The average molecular weight is 268 g/mol. The van der Waals surface area contributed by atoms with Crippen molar-refractivity contribution in [3.05, 3.63) is 0 Å². The third-order valence-corrected chi connectivity index (χ3v) is 3.81. The van der Waals surface area contributed by atoms with Crippen LogP contribution < -0.4 is 5.32 Å². The normalized spacial score (nSPS) is 24.4. The van der Waals surface area contributed by atoms with Crippen molar-refractivity contribution in [3.63, 3.8) is 0 Å². The summed E-state index contributed by atoms with van der Waals surface area (Å²) in [6, 6.07) is 0. The second kappa shape index (κ2) is 6.34. The van der Waals surface area contributed by atoms with Crippen molar-refractivity contribution in [1.82, 2.24) is 20.0 Å². The Morgan fingerprint density at radius 3 is 2.68 bits per heavy atom. The van der Waals surface area contributed by atoms with Crippen LogP contribution in [0.1, 0.15) is 6.42 Å². The second-order valence-corrected chi connectivity index (χ2v) is 5.62. The van der Waals surface area contributed by atoms with Crippen LogP contribution in [0.2, 0.25) is 0 Å². The molecule has 19 heavy (non-hydrogen) atoms. The Kier molecular flexibility index (Phi) is 4.76. The predicted octanol–water partition coefficient (Wildman–Crippen LogP) is -1.17. The smallest absolute Gasteiger partial charge is 0.228 e. The third kappa shape index (κ3) is 3.67. The Morgan fingerprint density at radius 1 is 1.37 bits per heavy atom. The first-order valence-electron chi connectivity index (χ1n) is 7.00. The molecule has 6 heteroatoms. The minimum atomic E-state index is -0.132. The van der Waals surface area contributed by atoms with Gasteiger partial charge in [0, 0.05) is 52.2 Å². The minimum Gasteiger partial charge on any atom is -0.341 e. The van der Waals surface area contributed by atoms with Crippen LogP contribution in [0.3, 0.4) is 0 Å². The molecule has 0 aromatic carbocycles. The second-order valence-electron chi connectivity index (χ2n) is 5.62. The summed E-state index contributed by atoms with van der Waals surface area (Å²) in [4.78, 5) is 30.0. The van der Waals surface area contributed by atoms with Gasteiger partial charge < -0.3 is 20.0 Å². The van der Waals surface area contributed by atoms with Crippen LogP contribution in [0.25, 0.3) is 0 Å². The Labute approximate surface area is 114 Å². The van der Waals surface area contributed by atoms with Gasteiger partial charge in [-0.25, -0.2) is 0 Å². The molecule has 2 aliphatic heterocycles. The summed E-state index contributed by atoms with van der Waals surface area (Å²) in [5.74, 6) is 0.144. The van der Waals surface area contributed by atoms with Crippen molar-refractivity contribution in [3.8, 4) is 0 Å². The van der Waals surface area contributed by atoms with E-state index in [0.717, 1.165) is 39.3 Å². The molecule has 0 saturated carbocycles. The maximum absolute atomic E-state index is 12.3. The number of amides is 2. The quantitative estimate of drug-likeness (QED) is 0.698. The molecule has 108 valence electrons. The summed E-state index contributed by atoms with van der Waals surface area (Å²) >= 11 is 0. The molecule has 0 aliphatic carbocycles. The van der Waals surface area contributed by atoms with E-state index in [4.69, 9.17) is 0 Å². The molecule has 0 spiro atoms. The highest BCUT2D eigenvalue weighted by Crippen LogP contribution is 2.20. The average Bonchev–Trinajstić information content (AvgIpc) is 2.78. The van der Waals surface area contributed by atoms with E-state index in [0.29, 0.717) is 13.0 Å². The van der Waals surface area contributed by atoms with Crippen LogP contribution in [-0.2, 0) is 9.59 Å². The van der Waals surface area contributed by atoms with Crippen molar-refractivity contribution in [2.24, 2.45) is 5.92 Å². The first kappa shape index (κ1) is 14.3. The lowest BCUT2D eigenvalue weighted by Gasteiger charge is -2.29. The van der Waals surface area contributed by atoms with Crippen molar-refractivity contribution in [2.45, 2.75) is 6.42 Å². The molecule has 6 nitrogen and oxygen atoms in total. The monoisotopic (exact) mass is 268 g/mol. The highest BCUT2D eigenvalue weighted by Gasteiger charge is 2.36. The SMILES string of the molecule is CN(C)CCN1CC(C(=O)N2CCNCC2)CC1=O. The van der Waals surface area contributed by atoms with Gasteiger partial charge in [0.25, 0.3) is 0 Å². The summed E-state index contributed by atoms with van der Waals surface area (Å²) < 4.78 is 0. The van der Waals surface area contributed by atoms with Crippen LogP contribution in [0.4, 0.5) is 0 Å². The molecule has 0 bridgehead atoms. The molecule has 2 aliphatic rings. The Hall–Kier alpha value is -1.14. The molecule has 2 amide bonds. The van der Waals surface area contributed by atoms with Gasteiger partial charge >= 0.3 is 0 Å². The molecule has 0 radical (unpaired) electrons. The number of hydrogen-bond acceptors (Lipinski definition) is 4. The van der Waals surface area contributed by atoms with Gasteiger partial charge in [-0.1, -0.05) is 0 Å². The van der Waals surface area contributed by atoms with Crippen LogP contribution in [0.5, 0.6) is 0 Å². The Bertz CT molecular complexity index is 340. The zero-order valence-corrected chi connectivity index (χ0v) is 11.9. The van der Waals surface area contributed by atoms with Crippen LogP contribution in [-0.4, -0.2) is 86.4 Å². The number of rotatable bonds is 4. The minimum absolute atomic E-state index is 0.121. The number of piperazine rings is 1. The molecule has 2 fully saturated rings. The number of likely N-dealkylation sites (N-methyl/N-ethyl adjacent to an activating group) is 1. The molecule has 1 N–H and O–H groups in total. The highest BCUT2D eigenvalue weighted by atomic mass is 16.2. The summed E-state index contributed by atoms with van der Waals surface area (Å²) in [6.07, 6.45) is 0.385. The maximum Gasteiger partial charge on any atom is 0.228 e. The number of carbonyl (C=O) groups is 2. The van der Waals surface area contributed by atoms with Gasteiger partial charge in [-0.05, 0) is 14.1 Å². The molecule has 0 aromatic rings. The first-order valence-corrected chi connectivity index (χ1v) is 7.00. The number of nitrogens with one attached hydrogen (secondary N) is 1. The number of nitrogens with zero attached hydrogens (tertiary/aromatic N) is 3. The van der Waals surface area contributed by atoms with E-state index >= 15 is 0 Å². The van der Waals surface area contributed by atoms with E-state index in [1.807, 2.05) is 23.9 Å². The largest absolute Gasteiger partial charge is 0.341 e. The summed E-state index contributed by atoms with van der Waals surface area (Å²) in [6.45, 7) is 5.41. The summed E-state index contributed by atoms with van der Waals surface area (Å²) in [5, 5.41) is 3.23. The maximum atomic E-state index is 12.3. The lowest BCUT2D eigenvalue weighted by Crippen LogP contribution is -2.48.